The van der Waals surface area contributed by atoms with Gasteiger partial charge in [-0.25, -0.2) is 0 Å². The Morgan fingerprint density at radius 2 is 2.04 bits per heavy atom. The summed E-state index contributed by atoms with van der Waals surface area (Å²) in [5, 5.41) is 9.37. The van der Waals surface area contributed by atoms with Gasteiger partial charge in [0, 0.05) is 19.5 Å². The van der Waals surface area contributed by atoms with Crippen molar-refractivity contribution in [3.05, 3.63) is 48.6 Å². The van der Waals surface area contributed by atoms with Crippen LogP contribution < -0.4 is 16.0 Å². The minimum absolute atomic E-state index is 0.0368. The second kappa shape index (κ2) is 11.3. The van der Waals surface area contributed by atoms with E-state index in [9.17, 15) is 4.79 Å². The van der Waals surface area contributed by atoms with Gasteiger partial charge in [0.25, 0.3) is 0 Å². The standard InChI is InChI=1S/C18H28N4O/c1-4-12-19-17(23)11-14-21-18(20-13-5-2)22-15(3)16-9-7-6-8-10-16/h5-10,15H,2,4,11-14H2,1,3H3,(H,19,23)(H2,20,21,22). The number of nitrogens with one attached hydrogen (secondary N) is 3. The van der Waals surface area contributed by atoms with Crippen LogP contribution in [0.2, 0.25) is 0 Å². The molecule has 5 nitrogen and oxygen atoms in total. The summed E-state index contributed by atoms with van der Waals surface area (Å²) in [7, 11) is 0. The van der Waals surface area contributed by atoms with Gasteiger partial charge in [-0.1, -0.05) is 43.3 Å². The summed E-state index contributed by atoms with van der Waals surface area (Å²) in [4.78, 5) is 16.1. The van der Waals surface area contributed by atoms with Crippen molar-refractivity contribution in [2.24, 2.45) is 4.99 Å². The zero-order valence-electron chi connectivity index (χ0n) is 14.1. The third kappa shape index (κ3) is 8.04. The Morgan fingerprint density at radius 1 is 1.30 bits per heavy atom. The van der Waals surface area contributed by atoms with E-state index in [-0.39, 0.29) is 11.9 Å². The Balaban J connectivity index is 2.55. The van der Waals surface area contributed by atoms with E-state index < -0.39 is 0 Å². The third-order valence-corrected chi connectivity index (χ3v) is 3.25. The highest BCUT2D eigenvalue weighted by atomic mass is 16.1. The van der Waals surface area contributed by atoms with Gasteiger partial charge in [-0.15, -0.1) is 6.58 Å². The van der Waals surface area contributed by atoms with Crippen molar-refractivity contribution in [1.29, 1.82) is 0 Å². The lowest BCUT2D eigenvalue weighted by Gasteiger charge is -2.18. The van der Waals surface area contributed by atoms with Gasteiger partial charge in [0.2, 0.25) is 5.91 Å². The van der Waals surface area contributed by atoms with Crippen LogP contribution in [0, 0.1) is 0 Å². The van der Waals surface area contributed by atoms with Crippen LogP contribution in [0.4, 0.5) is 0 Å². The summed E-state index contributed by atoms with van der Waals surface area (Å²) in [6.45, 7) is 9.60. The average molecular weight is 316 g/mol. The lowest BCUT2D eigenvalue weighted by atomic mass is 10.1. The van der Waals surface area contributed by atoms with Crippen LogP contribution in [0.5, 0.6) is 0 Å². The third-order valence-electron chi connectivity index (χ3n) is 3.25. The maximum Gasteiger partial charge on any atom is 0.221 e. The first kappa shape index (κ1) is 18.7. The Hall–Kier alpha value is -2.30. The Labute approximate surface area is 139 Å². The second-order valence-electron chi connectivity index (χ2n) is 5.28. The highest BCUT2D eigenvalue weighted by Gasteiger charge is 2.07. The fraction of sp³-hybridized carbons (Fsp3) is 0.444. The van der Waals surface area contributed by atoms with E-state index in [4.69, 9.17) is 0 Å². The summed E-state index contributed by atoms with van der Waals surface area (Å²) in [6.07, 6.45) is 3.11. The van der Waals surface area contributed by atoms with Crippen LogP contribution in [0.15, 0.2) is 48.0 Å². The highest BCUT2D eigenvalue weighted by Crippen LogP contribution is 2.10. The molecule has 0 aliphatic heterocycles. The summed E-state index contributed by atoms with van der Waals surface area (Å²) in [6, 6.07) is 10.3. The monoisotopic (exact) mass is 316 g/mol. The average Bonchev–Trinajstić information content (AvgIpc) is 2.58. The molecule has 0 radical (unpaired) electrons. The Bertz CT molecular complexity index is 499. The van der Waals surface area contributed by atoms with Crippen molar-refractivity contribution in [2.75, 3.05) is 19.6 Å². The van der Waals surface area contributed by atoms with Crippen LogP contribution in [0.3, 0.4) is 0 Å². The normalized spacial score (nSPS) is 12.3. The van der Waals surface area contributed by atoms with Crippen LogP contribution in [-0.2, 0) is 4.79 Å². The molecule has 0 saturated heterocycles. The number of rotatable bonds is 9. The van der Waals surface area contributed by atoms with Crippen LogP contribution in [-0.4, -0.2) is 31.5 Å². The molecule has 1 aromatic rings. The number of hydrogen-bond acceptors (Lipinski definition) is 2. The SMILES string of the molecule is C=CCNC(=NCCC(=O)NCCC)NC(C)c1ccccc1. The van der Waals surface area contributed by atoms with E-state index in [0.29, 0.717) is 32.0 Å². The Morgan fingerprint density at radius 3 is 2.70 bits per heavy atom. The van der Waals surface area contributed by atoms with Crippen LogP contribution in [0.25, 0.3) is 0 Å². The molecule has 0 fully saturated rings. The molecule has 1 rings (SSSR count). The fourth-order valence-electron chi connectivity index (χ4n) is 1.97. The van der Waals surface area contributed by atoms with E-state index >= 15 is 0 Å². The van der Waals surface area contributed by atoms with Crippen LogP contribution >= 0.6 is 0 Å². The summed E-state index contributed by atoms with van der Waals surface area (Å²) < 4.78 is 0. The minimum Gasteiger partial charge on any atom is -0.356 e. The van der Waals surface area contributed by atoms with Crippen molar-refractivity contribution in [1.82, 2.24) is 16.0 Å². The molecular formula is C18H28N4O. The molecule has 0 spiro atoms. The molecule has 1 unspecified atom stereocenters. The molecule has 0 heterocycles. The Kier molecular flexibility index (Phi) is 9.20. The van der Waals surface area contributed by atoms with E-state index in [1.807, 2.05) is 25.1 Å². The topological polar surface area (TPSA) is 65.5 Å². The molecule has 23 heavy (non-hydrogen) atoms. The summed E-state index contributed by atoms with van der Waals surface area (Å²) >= 11 is 0. The number of nitrogens with zero attached hydrogens (tertiary/aromatic N) is 1. The van der Waals surface area contributed by atoms with Gasteiger partial charge in [-0.3, -0.25) is 9.79 Å². The van der Waals surface area contributed by atoms with Crippen molar-refractivity contribution in [2.45, 2.75) is 32.7 Å². The largest absolute Gasteiger partial charge is 0.356 e. The maximum absolute atomic E-state index is 11.6. The quantitative estimate of drug-likeness (QED) is 0.372. The van der Waals surface area contributed by atoms with Crippen molar-refractivity contribution < 1.29 is 4.79 Å². The van der Waals surface area contributed by atoms with E-state index in [0.717, 1.165) is 6.42 Å². The molecule has 0 saturated carbocycles. The van der Waals surface area contributed by atoms with Crippen molar-refractivity contribution >= 4 is 11.9 Å². The molecule has 3 N–H and O–H groups in total. The lowest BCUT2D eigenvalue weighted by molar-refractivity contribution is -0.120. The number of hydrogen-bond donors (Lipinski definition) is 3. The van der Waals surface area contributed by atoms with Gasteiger partial charge < -0.3 is 16.0 Å². The van der Waals surface area contributed by atoms with Gasteiger partial charge in [0.05, 0.1) is 12.6 Å². The fourth-order valence-corrected chi connectivity index (χ4v) is 1.97. The molecule has 5 heteroatoms. The predicted molar refractivity (Wildman–Crippen MR) is 96.4 cm³/mol. The summed E-state index contributed by atoms with van der Waals surface area (Å²) in [5.41, 5.74) is 1.18. The van der Waals surface area contributed by atoms with Crippen LogP contribution in [0.1, 0.15) is 38.3 Å². The number of guanidine groups is 1. The van der Waals surface area contributed by atoms with Crippen molar-refractivity contribution in [3.8, 4) is 0 Å². The van der Waals surface area contributed by atoms with Gasteiger partial charge in [-0.2, -0.15) is 0 Å². The van der Waals surface area contributed by atoms with Gasteiger partial charge in [0.1, 0.15) is 0 Å². The van der Waals surface area contributed by atoms with E-state index in [1.54, 1.807) is 6.08 Å². The zero-order valence-corrected chi connectivity index (χ0v) is 14.1. The molecule has 1 atom stereocenters. The molecule has 1 amide bonds. The number of carbonyl (C=O) groups excluding carboxylic acids is 1. The van der Waals surface area contributed by atoms with Gasteiger partial charge in [0.15, 0.2) is 5.96 Å². The number of aliphatic imine (C=N–C) groups is 1. The lowest BCUT2D eigenvalue weighted by Crippen LogP contribution is -2.39. The summed E-state index contributed by atoms with van der Waals surface area (Å²) in [5.74, 6) is 0.722. The first-order chi connectivity index (χ1) is 11.2. The van der Waals surface area contributed by atoms with Gasteiger partial charge >= 0.3 is 0 Å². The number of amides is 1. The number of carbonyl (C=O) groups is 1. The van der Waals surface area contributed by atoms with Gasteiger partial charge in [-0.05, 0) is 18.9 Å². The molecule has 1 aromatic carbocycles. The highest BCUT2D eigenvalue weighted by molar-refractivity contribution is 5.81. The molecule has 126 valence electrons. The minimum atomic E-state index is 0.0368. The first-order valence-electron chi connectivity index (χ1n) is 8.14. The van der Waals surface area contributed by atoms with E-state index in [1.165, 1.54) is 5.56 Å². The number of benzene rings is 1. The smallest absolute Gasteiger partial charge is 0.221 e. The maximum atomic E-state index is 11.6. The molecular weight excluding hydrogens is 288 g/mol. The van der Waals surface area contributed by atoms with Crippen molar-refractivity contribution in [3.63, 3.8) is 0 Å². The second-order valence-corrected chi connectivity index (χ2v) is 5.28. The molecule has 0 aliphatic rings. The molecule has 0 aliphatic carbocycles. The first-order valence-corrected chi connectivity index (χ1v) is 8.14. The molecule has 0 aromatic heterocycles. The zero-order chi connectivity index (χ0) is 16.9. The molecule has 0 bridgehead atoms. The predicted octanol–water partition coefficient (Wildman–Crippen LogP) is 2.39. The van der Waals surface area contributed by atoms with E-state index in [2.05, 4.69) is 46.6 Å².